The third kappa shape index (κ3) is 4.36. The van der Waals surface area contributed by atoms with Gasteiger partial charge in [0.2, 0.25) is 5.91 Å². The largest absolute Gasteiger partial charge is 0.282 e. The summed E-state index contributed by atoms with van der Waals surface area (Å²) in [5, 5.41) is 0.543. The highest BCUT2D eigenvalue weighted by Crippen LogP contribution is 2.36. The van der Waals surface area contributed by atoms with Gasteiger partial charge in [-0.2, -0.15) is 4.31 Å². The van der Waals surface area contributed by atoms with E-state index in [0.29, 0.717) is 22.3 Å². The maximum atomic E-state index is 13.9. The second kappa shape index (κ2) is 9.35. The number of fused-ring (bicyclic) bond motifs is 1. The van der Waals surface area contributed by atoms with Crippen molar-refractivity contribution < 1.29 is 13.2 Å². The Kier molecular flexibility index (Phi) is 6.43. The lowest BCUT2D eigenvalue weighted by Crippen LogP contribution is -2.47. The predicted molar refractivity (Wildman–Crippen MR) is 136 cm³/mol. The standard InChI is InChI=1S/C23H21ClN4O3S3/c1-15-5-2-8-18-21(15)26-23(32-18)27(14-16-6-3-11-25-13-16)22(29)17-7-4-12-28(17)34(30,31)20-10-9-19(24)33-20/h2-3,5-6,8-11,13,17H,4,7,12,14H2,1H3. The van der Waals surface area contributed by atoms with E-state index in [2.05, 4.69) is 4.98 Å². The summed E-state index contributed by atoms with van der Waals surface area (Å²) >= 11 is 8.42. The summed E-state index contributed by atoms with van der Waals surface area (Å²) in [4.78, 5) is 24.5. The molecule has 0 saturated carbocycles. The lowest BCUT2D eigenvalue weighted by atomic mass is 10.2. The summed E-state index contributed by atoms with van der Waals surface area (Å²) in [7, 11) is -3.84. The first kappa shape index (κ1) is 23.4. The van der Waals surface area contributed by atoms with Gasteiger partial charge < -0.3 is 0 Å². The molecular weight excluding hydrogens is 512 g/mol. The zero-order valence-electron chi connectivity index (χ0n) is 18.2. The molecule has 1 saturated heterocycles. The van der Waals surface area contributed by atoms with E-state index in [1.807, 2.05) is 37.3 Å². The Balaban J connectivity index is 1.53. The first-order valence-corrected chi connectivity index (χ1v) is 14.1. The average molecular weight is 533 g/mol. The monoisotopic (exact) mass is 532 g/mol. The Morgan fingerprint density at radius 3 is 2.76 bits per heavy atom. The van der Waals surface area contributed by atoms with Crippen LogP contribution in [0.2, 0.25) is 4.34 Å². The summed E-state index contributed by atoms with van der Waals surface area (Å²) in [5.74, 6) is -0.288. The smallest absolute Gasteiger partial charge is 0.253 e. The number of para-hydroxylation sites is 1. The summed E-state index contributed by atoms with van der Waals surface area (Å²) in [6.45, 7) is 2.52. The SMILES string of the molecule is Cc1cccc2sc(N(Cc3cccnc3)C(=O)C3CCCN3S(=O)(=O)c3ccc(Cl)s3)nc12. The zero-order chi connectivity index (χ0) is 23.9. The zero-order valence-corrected chi connectivity index (χ0v) is 21.4. The molecule has 176 valence electrons. The molecule has 1 amide bonds. The highest BCUT2D eigenvalue weighted by atomic mass is 35.5. The molecule has 4 heterocycles. The Labute approximate surface area is 210 Å². The second-order valence-electron chi connectivity index (χ2n) is 8.04. The quantitative estimate of drug-likeness (QED) is 0.345. The van der Waals surface area contributed by atoms with Gasteiger partial charge in [-0.3, -0.25) is 14.7 Å². The number of benzene rings is 1. The number of thiophene rings is 1. The van der Waals surface area contributed by atoms with E-state index in [4.69, 9.17) is 16.6 Å². The van der Waals surface area contributed by atoms with Crippen LogP contribution in [0.4, 0.5) is 5.13 Å². The Hall–Kier alpha value is -2.37. The minimum atomic E-state index is -3.84. The van der Waals surface area contributed by atoms with Crippen molar-refractivity contribution in [2.75, 3.05) is 11.4 Å². The normalized spacial score (nSPS) is 16.8. The number of carbonyl (C=O) groups excluding carboxylic acids is 1. The van der Waals surface area contributed by atoms with Gasteiger partial charge in [-0.1, -0.05) is 41.1 Å². The van der Waals surface area contributed by atoms with Gasteiger partial charge in [-0.15, -0.1) is 11.3 Å². The molecule has 0 radical (unpaired) electrons. The van der Waals surface area contributed by atoms with E-state index in [9.17, 15) is 13.2 Å². The van der Waals surface area contributed by atoms with Gasteiger partial charge in [0.1, 0.15) is 10.3 Å². The maximum Gasteiger partial charge on any atom is 0.253 e. The van der Waals surface area contributed by atoms with Gasteiger partial charge in [0.25, 0.3) is 10.0 Å². The van der Waals surface area contributed by atoms with Crippen molar-refractivity contribution in [1.29, 1.82) is 0 Å². The lowest BCUT2D eigenvalue weighted by Gasteiger charge is -2.28. The molecule has 5 rings (SSSR count). The fourth-order valence-corrected chi connectivity index (χ4v) is 8.42. The second-order valence-corrected chi connectivity index (χ2v) is 12.9. The van der Waals surface area contributed by atoms with E-state index in [0.717, 1.165) is 32.7 Å². The molecule has 4 aromatic rings. The molecular formula is C23H21ClN4O3S3. The minimum Gasteiger partial charge on any atom is -0.282 e. The predicted octanol–water partition coefficient (Wildman–Crippen LogP) is 5.10. The van der Waals surface area contributed by atoms with Gasteiger partial charge in [0, 0.05) is 18.9 Å². The highest BCUT2D eigenvalue weighted by Gasteiger charge is 2.42. The van der Waals surface area contributed by atoms with Crippen molar-refractivity contribution in [1.82, 2.24) is 14.3 Å². The molecule has 0 aliphatic carbocycles. The van der Waals surface area contributed by atoms with Crippen LogP contribution in [0, 0.1) is 6.92 Å². The Bertz CT molecular complexity index is 1450. The number of sulfonamides is 1. The fourth-order valence-electron chi connectivity index (χ4n) is 4.11. The molecule has 1 fully saturated rings. The third-order valence-corrected chi connectivity index (χ3v) is 10.4. The number of thiazole rings is 1. The molecule has 1 aromatic carbocycles. The molecule has 0 spiro atoms. The van der Waals surface area contributed by atoms with Crippen molar-refractivity contribution >= 4 is 65.6 Å². The molecule has 1 aliphatic rings. The third-order valence-electron chi connectivity index (χ3n) is 5.77. The molecule has 11 heteroatoms. The van der Waals surface area contributed by atoms with Crippen LogP contribution in [0.15, 0.2) is 59.1 Å². The Morgan fingerprint density at radius 1 is 1.21 bits per heavy atom. The van der Waals surface area contributed by atoms with Gasteiger partial charge in [-0.25, -0.2) is 13.4 Å². The lowest BCUT2D eigenvalue weighted by molar-refractivity contribution is -0.121. The van der Waals surface area contributed by atoms with Crippen LogP contribution < -0.4 is 4.90 Å². The summed E-state index contributed by atoms with van der Waals surface area (Å²) < 4.78 is 29.5. The maximum absolute atomic E-state index is 13.9. The summed E-state index contributed by atoms with van der Waals surface area (Å²) in [6, 6.07) is 11.9. The van der Waals surface area contributed by atoms with Crippen LogP contribution in [0.1, 0.15) is 24.0 Å². The van der Waals surface area contributed by atoms with Crippen molar-refractivity contribution in [3.63, 3.8) is 0 Å². The van der Waals surface area contributed by atoms with Crippen molar-refractivity contribution in [3.05, 3.63) is 70.3 Å². The number of hydrogen-bond acceptors (Lipinski definition) is 7. The van der Waals surface area contributed by atoms with Crippen LogP contribution in [0.5, 0.6) is 0 Å². The van der Waals surface area contributed by atoms with E-state index in [1.165, 1.54) is 21.7 Å². The summed E-state index contributed by atoms with van der Waals surface area (Å²) in [6.07, 6.45) is 4.43. The average Bonchev–Trinajstić information content (AvgIpc) is 3.57. The van der Waals surface area contributed by atoms with Gasteiger partial charge in [-0.05, 0) is 55.2 Å². The van der Waals surface area contributed by atoms with Crippen molar-refractivity contribution in [2.45, 2.75) is 36.6 Å². The van der Waals surface area contributed by atoms with E-state index in [-0.39, 0.29) is 23.2 Å². The number of amides is 1. The minimum absolute atomic E-state index is 0.145. The highest BCUT2D eigenvalue weighted by molar-refractivity contribution is 7.91. The number of nitrogens with zero attached hydrogens (tertiary/aromatic N) is 4. The molecule has 1 atom stereocenters. The number of anilines is 1. The number of rotatable bonds is 6. The molecule has 34 heavy (non-hydrogen) atoms. The number of halogens is 1. The number of aromatic nitrogens is 2. The molecule has 3 aromatic heterocycles. The molecule has 7 nitrogen and oxygen atoms in total. The number of pyridine rings is 1. The van der Waals surface area contributed by atoms with Crippen LogP contribution in [-0.4, -0.2) is 41.2 Å². The first-order valence-electron chi connectivity index (χ1n) is 10.7. The van der Waals surface area contributed by atoms with Crippen LogP contribution >= 0.6 is 34.3 Å². The number of carbonyl (C=O) groups is 1. The van der Waals surface area contributed by atoms with Crippen molar-refractivity contribution in [3.8, 4) is 0 Å². The van der Waals surface area contributed by atoms with Gasteiger partial charge >= 0.3 is 0 Å². The summed E-state index contributed by atoms with van der Waals surface area (Å²) in [5.41, 5.74) is 2.70. The Morgan fingerprint density at radius 2 is 2.06 bits per heavy atom. The first-order chi connectivity index (χ1) is 16.3. The van der Waals surface area contributed by atoms with Gasteiger partial charge in [0.15, 0.2) is 5.13 Å². The molecule has 1 unspecified atom stereocenters. The molecule has 1 aliphatic heterocycles. The fraction of sp³-hybridized carbons (Fsp3) is 0.261. The number of aryl methyl sites for hydroxylation is 1. The molecule has 0 bridgehead atoms. The van der Waals surface area contributed by atoms with E-state index in [1.54, 1.807) is 23.4 Å². The van der Waals surface area contributed by atoms with E-state index < -0.39 is 16.1 Å². The number of hydrogen-bond donors (Lipinski definition) is 0. The van der Waals surface area contributed by atoms with Crippen LogP contribution in [0.3, 0.4) is 0 Å². The van der Waals surface area contributed by atoms with Crippen LogP contribution in [0.25, 0.3) is 10.2 Å². The van der Waals surface area contributed by atoms with E-state index >= 15 is 0 Å². The van der Waals surface area contributed by atoms with Crippen LogP contribution in [-0.2, 0) is 21.4 Å². The van der Waals surface area contributed by atoms with Crippen molar-refractivity contribution in [2.24, 2.45) is 0 Å². The molecule has 0 N–H and O–H groups in total. The van der Waals surface area contributed by atoms with Gasteiger partial charge in [0.05, 0.1) is 21.1 Å². The topological polar surface area (TPSA) is 83.5 Å².